The second-order valence-electron chi connectivity index (χ2n) is 8.60. The Bertz CT molecular complexity index is 1000. The lowest BCUT2D eigenvalue weighted by atomic mass is 9.90. The van der Waals surface area contributed by atoms with Crippen molar-refractivity contribution in [2.45, 2.75) is 38.5 Å². The van der Waals surface area contributed by atoms with Crippen LogP contribution in [0.3, 0.4) is 0 Å². The van der Waals surface area contributed by atoms with Gasteiger partial charge in [0.2, 0.25) is 10.3 Å². The lowest BCUT2D eigenvalue weighted by Crippen LogP contribution is -2.39. The van der Waals surface area contributed by atoms with Gasteiger partial charge in [-0.3, -0.25) is 9.36 Å². The average molecular weight is 436 g/mol. The van der Waals surface area contributed by atoms with Crippen LogP contribution in [-0.4, -0.2) is 51.8 Å². The second-order valence-corrected chi connectivity index (χ2v) is 9.54. The Labute approximate surface area is 187 Å². The zero-order valence-electron chi connectivity index (χ0n) is 17.8. The highest BCUT2D eigenvalue weighted by Gasteiger charge is 2.26. The van der Waals surface area contributed by atoms with Crippen molar-refractivity contribution in [2.75, 3.05) is 31.1 Å². The van der Waals surface area contributed by atoms with Crippen LogP contribution in [0.1, 0.15) is 48.2 Å². The van der Waals surface area contributed by atoms with Crippen LogP contribution in [0.4, 0.5) is 5.13 Å². The van der Waals surface area contributed by atoms with Gasteiger partial charge in [-0.05, 0) is 62.1 Å². The molecule has 2 aromatic heterocycles. The van der Waals surface area contributed by atoms with Crippen LogP contribution in [0.25, 0.3) is 5.13 Å². The average Bonchev–Trinajstić information content (AvgIpc) is 3.50. The second kappa shape index (κ2) is 9.22. The maximum absolute atomic E-state index is 13.3. The summed E-state index contributed by atoms with van der Waals surface area (Å²) in [4.78, 5) is 17.6. The summed E-state index contributed by atoms with van der Waals surface area (Å²) in [6.07, 6.45) is 8.85. The fourth-order valence-corrected chi connectivity index (χ4v) is 5.59. The van der Waals surface area contributed by atoms with Crippen molar-refractivity contribution >= 4 is 22.4 Å². The first-order chi connectivity index (χ1) is 15.3. The van der Waals surface area contributed by atoms with Crippen LogP contribution in [-0.2, 0) is 6.42 Å². The maximum Gasteiger partial charge on any atom is 0.270 e. The molecule has 5 rings (SSSR count). The number of carbonyl (C=O) groups excluding carboxylic acids is 1. The number of hydrogen-bond donors (Lipinski definition) is 0. The van der Waals surface area contributed by atoms with Crippen LogP contribution in [0.2, 0.25) is 0 Å². The summed E-state index contributed by atoms with van der Waals surface area (Å²) in [5.41, 5.74) is 2.07. The van der Waals surface area contributed by atoms with Gasteiger partial charge >= 0.3 is 0 Å². The number of amides is 1. The third-order valence-electron chi connectivity index (χ3n) is 6.47. The number of hydrogen-bond acceptors (Lipinski definition) is 5. The molecule has 6 nitrogen and oxygen atoms in total. The van der Waals surface area contributed by atoms with Crippen molar-refractivity contribution < 1.29 is 4.79 Å². The Morgan fingerprint density at radius 1 is 0.903 bits per heavy atom. The van der Waals surface area contributed by atoms with Gasteiger partial charge in [0, 0.05) is 32.4 Å². The first-order valence-corrected chi connectivity index (χ1v) is 12.2. The molecule has 2 fully saturated rings. The van der Waals surface area contributed by atoms with E-state index in [1.807, 2.05) is 27.8 Å². The fraction of sp³-hybridized carbons (Fsp3) is 0.458. The number of anilines is 1. The van der Waals surface area contributed by atoms with E-state index in [0.717, 1.165) is 55.7 Å². The SMILES string of the molecule is O=C(c1cccn1-c1nnc(N2CCCCC2)s1)N1CCC(Cc2ccccc2)CC1. The highest BCUT2D eigenvalue weighted by molar-refractivity contribution is 7.17. The fourth-order valence-electron chi connectivity index (χ4n) is 4.69. The Kier molecular flexibility index (Phi) is 6.02. The van der Waals surface area contributed by atoms with Crippen LogP contribution in [0.15, 0.2) is 48.7 Å². The van der Waals surface area contributed by atoms with Crippen molar-refractivity contribution in [2.24, 2.45) is 5.92 Å². The molecular formula is C24H29N5OS. The molecule has 0 saturated carbocycles. The van der Waals surface area contributed by atoms with E-state index in [2.05, 4.69) is 45.4 Å². The number of carbonyl (C=O) groups is 1. The Morgan fingerprint density at radius 2 is 1.65 bits per heavy atom. The van der Waals surface area contributed by atoms with Gasteiger partial charge in [-0.2, -0.15) is 0 Å². The molecule has 2 aliphatic heterocycles. The van der Waals surface area contributed by atoms with Gasteiger partial charge in [0.15, 0.2) is 0 Å². The topological polar surface area (TPSA) is 54.3 Å². The predicted octanol–water partition coefficient (Wildman–Crippen LogP) is 4.41. The van der Waals surface area contributed by atoms with Crippen LogP contribution in [0, 0.1) is 5.92 Å². The summed E-state index contributed by atoms with van der Waals surface area (Å²) in [5.74, 6) is 0.742. The molecule has 2 aliphatic rings. The molecule has 0 bridgehead atoms. The predicted molar refractivity (Wildman–Crippen MR) is 124 cm³/mol. The molecule has 0 radical (unpaired) electrons. The minimum atomic E-state index is 0.0953. The molecule has 4 heterocycles. The Balaban J connectivity index is 1.23. The molecule has 2 saturated heterocycles. The summed E-state index contributed by atoms with van der Waals surface area (Å²) < 4.78 is 1.91. The summed E-state index contributed by atoms with van der Waals surface area (Å²) in [7, 11) is 0. The highest BCUT2D eigenvalue weighted by Crippen LogP contribution is 2.28. The number of likely N-dealkylation sites (tertiary alicyclic amines) is 1. The quantitative estimate of drug-likeness (QED) is 0.596. The van der Waals surface area contributed by atoms with E-state index in [9.17, 15) is 4.79 Å². The molecule has 0 spiro atoms. The molecule has 0 unspecified atom stereocenters. The van der Waals surface area contributed by atoms with E-state index >= 15 is 0 Å². The van der Waals surface area contributed by atoms with Gasteiger partial charge in [-0.25, -0.2) is 0 Å². The standard InChI is InChI=1S/C24H29N5OS/c30-22(27-16-11-20(12-17-27)18-19-8-3-1-4-9-19)21-10-7-15-29(21)24-26-25-23(31-24)28-13-5-2-6-14-28/h1,3-4,7-10,15,20H,2,5-6,11-14,16-18H2. The van der Waals surface area contributed by atoms with Gasteiger partial charge in [-0.1, -0.05) is 41.7 Å². The number of aromatic nitrogens is 3. The summed E-state index contributed by atoms with van der Waals surface area (Å²) >= 11 is 1.57. The zero-order valence-corrected chi connectivity index (χ0v) is 18.6. The van der Waals surface area contributed by atoms with Crippen molar-refractivity contribution in [1.82, 2.24) is 19.7 Å². The first-order valence-electron chi connectivity index (χ1n) is 11.4. The highest BCUT2D eigenvalue weighted by atomic mass is 32.1. The molecule has 0 N–H and O–H groups in total. The third-order valence-corrected chi connectivity index (χ3v) is 7.46. The number of rotatable bonds is 5. The molecule has 1 aromatic carbocycles. The van der Waals surface area contributed by atoms with Crippen molar-refractivity contribution in [3.63, 3.8) is 0 Å². The largest absolute Gasteiger partial charge is 0.347 e. The maximum atomic E-state index is 13.3. The molecule has 31 heavy (non-hydrogen) atoms. The molecule has 0 atom stereocenters. The van der Waals surface area contributed by atoms with Gasteiger partial charge < -0.3 is 9.80 Å². The van der Waals surface area contributed by atoms with Crippen molar-refractivity contribution in [3.8, 4) is 5.13 Å². The van der Waals surface area contributed by atoms with Crippen LogP contribution >= 0.6 is 11.3 Å². The molecule has 3 aromatic rings. The van der Waals surface area contributed by atoms with E-state index in [1.54, 1.807) is 11.3 Å². The third kappa shape index (κ3) is 4.51. The van der Waals surface area contributed by atoms with Gasteiger partial charge in [0.1, 0.15) is 5.69 Å². The van der Waals surface area contributed by atoms with Gasteiger partial charge in [0.25, 0.3) is 5.91 Å². The first kappa shape index (κ1) is 20.2. The smallest absolute Gasteiger partial charge is 0.270 e. The molecular weight excluding hydrogens is 406 g/mol. The van der Waals surface area contributed by atoms with E-state index in [-0.39, 0.29) is 5.91 Å². The Morgan fingerprint density at radius 3 is 2.42 bits per heavy atom. The summed E-state index contributed by atoms with van der Waals surface area (Å²) in [6, 6.07) is 14.5. The van der Waals surface area contributed by atoms with Gasteiger partial charge in [0.05, 0.1) is 0 Å². The zero-order chi connectivity index (χ0) is 21.0. The van der Waals surface area contributed by atoms with E-state index in [4.69, 9.17) is 0 Å². The monoisotopic (exact) mass is 435 g/mol. The van der Waals surface area contributed by atoms with Gasteiger partial charge in [-0.15, -0.1) is 10.2 Å². The lowest BCUT2D eigenvalue weighted by molar-refractivity contribution is 0.0682. The number of nitrogens with zero attached hydrogens (tertiary/aromatic N) is 5. The summed E-state index contributed by atoms with van der Waals surface area (Å²) in [6.45, 7) is 3.72. The van der Waals surface area contributed by atoms with E-state index < -0.39 is 0 Å². The minimum absolute atomic E-state index is 0.0953. The molecule has 7 heteroatoms. The number of piperidine rings is 2. The minimum Gasteiger partial charge on any atom is -0.347 e. The van der Waals surface area contributed by atoms with Crippen molar-refractivity contribution in [1.29, 1.82) is 0 Å². The summed E-state index contributed by atoms with van der Waals surface area (Å²) in [5, 5.41) is 10.5. The lowest BCUT2D eigenvalue weighted by Gasteiger charge is -2.32. The van der Waals surface area contributed by atoms with Crippen molar-refractivity contribution in [3.05, 3.63) is 59.9 Å². The molecule has 0 aliphatic carbocycles. The van der Waals surface area contributed by atoms with Crippen LogP contribution in [0.5, 0.6) is 0 Å². The normalized spacial score (nSPS) is 17.8. The van der Waals surface area contributed by atoms with E-state index in [0.29, 0.717) is 11.6 Å². The molecule has 1 amide bonds. The number of benzene rings is 1. The Hall–Kier alpha value is -2.67. The van der Waals surface area contributed by atoms with E-state index in [1.165, 1.54) is 24.8 Å². The molecule has 162 valence electrons. The van der Waals surface area contributed by atoms with Crippen LogP contribution < -0.4 is 4.90 Å².